The summed E-state index contributed by atoms with van der Waals surface area (Å²) in [4.78, 5) is 16.4. The number of hydrogen-bond acceptors (Lipinski definition) is 3. The number of benzene rings is 2. The van der Waals surface area contributed by atoms with Crippen LogP contribution in [0.25, 0.3) is 22.4 Å². The molecule has 41 heavy (non-hydrogen) atoms. The van der Waals surface area contributed by atoms with E-state index in [9.17, 15) is 0 Å². The molecule has 208 valence electrons. The summed E-state index contributed by atoms with van der Waals surface area (Å²) < 4.78 is 0. The summed E-state index contributed by atoms with van der Waals surface area (Å²) >= 11 is 0. The molecular formula is C36H39N5. The Balaban J connectivity index is 1.11. The van der Waals surface area contributed by atoms with Gasteiger partial charge in [-0.2, -0.15) is 0 Å². The Hall–Kier alpha value is -3.62. The lowest BCUT2D eigenvalue weighted by Crippen LogP contribution is -2.19. The Morgan fingerprint density at radius 3 is 2.34 bits per heavy atom. The minimum Gasteiger partial charge on any atom is -0.341 e. The molecule has 5 heteroatoms. The number of hydrogen-bond donors (Lipinski definition) is 3. The first-order valence-electron chi connectivity index (χ1n) is 15.9. The predicted molar refractivity (Wildman–Crippen MR) is 164 cm³/mol. The fraction of sp³-hybridized carbons (Fsp3) is 0.444. The van der Waals surface area contributed by atoms with Crippen LogP contribution in [0.1, 0.15) is 117 Å². The fourth-order valence-electron chi connectivity index (χ4n) is 8.26. The minimum atomic E-state index is 0.317. The Kier molecular flexibility index (Phi) is 6.33. The van der Waals surface area contributed by atoms with Gasteiger partial charge in [-0.3, -0.25) is 0 Å². The van der Waals surface area contributed by atoms with Crippen LogP contribution in [0.15, 0.2) is 48.8 Å². The maximum Gasteiger partial charge on any atom is 0.123 e. The van der Waals surface area contributed by atoms with Gasteiger partial charge in [-0.25, -0.2) is 9.97 Å². The second kappa shape index (κ2) is 10.3. The molecule has 3 heterocycles. The van der Waals surface area contributed by atoms with Crippen molar-refractivity contribution >= 4 is 0 Å². The van der Waals surface area contributed by atoms with E-state index < -0.39 is 0 Å². The summed E-state index contributed by atoms with van der Waals surface area (Å²) in [6, 6.07) is 14.1. The molecule has 1 spiro atoms. The second-order valence-electron chi connectivity index (χ2n) is 12.8. The molecule has 5 nitrogen and oxygen atoms in total. The van der Waals surface area contributed by atoms with Gasteiger partial charge in [-0.1, -0.05) is 61.9 Å². The Morgan fingerprint density at radius 1 is 0.732 bits per heavy atom. The number of nitrogens with zero attached hydrogens (tertiary/aromatic N) is 2. The smallest absolute Gasteiger partial charge is 0.123 e. The molecule has 3 N–H and O–H groups in total. The van der Waals surface area contributed by atoms with Crippen molar-refractivity contribution in [2.45, 2.75) is 94.4 Å². The molecule has 0 bridgehead atoms. The molecular weight excluding hydrogens is 502 g/mol. The molecule has 2 saturated carbocycles. The summed E-state index contributed by atoms with van der Waals surface area (Å²) in [5.41, 5.74) is 10.5. The SMILES string of the molecule is C(#Cc1ccc(-c2ccc(-c3cnc([C@@H]4CCCN4)[nH]3)cc2)c2c1CCC21CCCC1)c1cnc(C2CCCC2)[nH]1. The van der Waals surface area contributed by atoms with E-state index in [-0.39, 0.29) is 0 Å². The maximum absolute atomic E-state index is 4.68. The van der Waals surface area contributed by atoms with E-state index >= 15 is 0 Å². The zero-order valence-electron chi connectivity index (χ0n) is 23.9. The molecule has 4 aromatic rings. The number of H-pyrrole nitrogens is 2. The van der Waals surface area contributed by atoms with Crippen molar-refractivity contribution in [1.29, 1.82) is 0 Å². The van der Waals surface area contributed by atoms with Crippen LogP contribution < -0.4 is 5.32 Å². The van der Waals surface area contributed by atoms with Crippen molar-refractivity contribution in [3.63, 3.8) is 0 Å². The monoisotopic (exact) mass is 541 g/mol. The molecule has 0 radical (unpaired) electrons. The standard InChI is InChI=1S/C36H39N5/c1-2-7-27(6-1)34-38-22-28(40-34)15-13-25-14-16-29(33-30(25)17-20-36(33)18-3-4-19-36)24-9-11-26(12-10-24)32-23-39-35(41-32)31-8-5-21-37-31/h9-12,14,16,22-23,27,31,37H,1-8,17-21H2,(H,38,40)(H,39,41)/t31-/m0/s1. The van der Waals surface area contributed by atoms with Gasteiger partial charge in [0.1, 0.15) is 17.3 Å². The zero-order valence-corrected chi connectivity index (χ0v) is 23.9. The molecule has 2 aromatic heterocycles. The normalized spacial score (nSPS) is 21.4. The molecule has 3 aliphatic carbocycles. The largest absolute Gasteiger partial charge is 0.341 e. The van der Waals surface area contributed by atoms with Crippen molar-refractivity contribution in [3.05, 3.63) is 82.8 Å². The molecule has 8 rings (SSSR count). The lowest BCUT2D eigenvalue weighted by Gasteiger charge is -2.27. The van der Waals surface area contributed by atoms with Crippen molar-refractivity contribution in [2.75, 3.05) is 6.54 Å². The van der Waals surface area contributed by atoms with Crippen LogP contribution in [-0.2, 0) is 11.8 Å². The summed E-state index contributed by atoms with van der Waals surface area (Å²) in [7, 11) is 0. The maximum atomic E-state index is 4.68. The third-order valence-electron chi connectivity index (χ3n) is 10.4. The molecule has 0 amide bonds. The molecule has 2 aromatic carbocycles. The number of aromatic nitrogens is 4. The number of imidazole rings is 2. The van der Waals surface area contributed by atoms with Gasteiger partial charge in [0.05, 0.1) is 24.1 Å². The number of aromatic amines is 2. The fourth-order valence-corrected chi connectivity index (χ4v) is 8.26. The van der Waals surface area contributed by atoms with Crippen LogP contribution in [-0.4, -0.2) is 26.5 Å². The van der Waals surface area contributed by atoms with Gasteiger partial charge in [-0.05, 0) is 103 Å². The Morgan fingerprint density at radius 2 is 1.54 bits per heavy atom. The summed E-state index contributed by atoms with van der Waals surface area (Å²) in [5.74, 6) is 9.78. The molecule has 1 aliphatic heterocycles. The van der Waals surface area contributed by atoms with Crippen LogP contribution in [0.4, 0.5) is 0 Å². The summed E-state index contributed by atoms with van der Waals surface area (Å²) in [5, 5.41) is 3.54. The van der Waals surface area contributed by atoms with Gasteiger partial charge in [-0.15, -0.1) is 0 Å². The van der Waals surface area contributed by atoms with E-state index in [2.05, 4.69) is 73.5 Å². The highest BCUT2D eigenvalue weighted by atomic mass is 15.0. The molecule has 1 saturated heterocycles. The van der Waals surface area contributed by atoms with Gasteiger partial charge in [0.25, 0.3) is 0 Å². The lowest BCUT2D eigenvalue weighted by molar-refractivity contribution is 0.440. The van der Waals surface area contributed by atoms with Gasteiger partial charge in [0, 0.05) is 11.5 Å². The highest BCUT2D eigenvalue weighted by molar-refractivity contribution is 5.76. The number of fused-ring (bicyclic) bond motifs is 2. The number of rotatable bonds is 4. The summed E-state index contributed by atoms with van der Waals surface area (Å²) in [6.07, 6.45) is 19.1. The average Bonchev–Trinajstić information content (AvgIpc) is 3.84. The first kappa shape index (κ1) is 25.1. The van der Waals surface area contributed by atoms with Gasteiger partial charge >= 0.3 is 0 Å². The lowest BCUT2D eigenvalue weighted by atomic mass is 9.76. The van der Waals surface area contributed by atoms with E-state index in [0.717, 1.165) is 42.4 Å². The molecule has 4 aliphatic rings. The van der Waals surface area contributed by atoms with Crippen molar-refractivity contribution < 1.29 is 0 Å². The first-order chi connectivity index (χ1) is 20.3. The predicted octanol–water partition coefficient (Wildman–Crippen LogP) is 7.71. The number of nitrogens with one attached hydrogen (secondary N) is 3. The average molecular weight is 542 g/mol. The van der Waals surface area contributed by atoms with E-state index in [0.29, 0.717) is 17.4 Å². The van der Waals surface area contributed by atoms with E-state index in [1.54, 1.807) is 5.56 Å². The summed E-state index contributed by atoms with van der Waals surface area (Å²) in [6.45, 7) is 1.08. The van der Waals surface area contributed by atoms with Crippen molar-refractivity contribution in [1.82, 2.24) is 25.3 Å². The van der Waals surface area contributed by atoms with Crippen LogP contribution in [0, 0.1) is 11.8 Å². The van der Waals surface area contributed by atoms with Gasteiger partial charge < -0.3 is 15.3 Å². The molecule has 1 atom stereocenters. The van der Waals surface area contributed by atoms with Crippen molar-refractivity contribution in [3.8, 4) is 34.2 Å². The third-order valence-corrected chi connectivity index (χ3v) is 10.4. The Bertz CT molecular complexity index is 1610. The minimum absolute atomic E-state index is 0.317. The highest BCUT2D eigenvalue weighted by Crippen LogP contribution is 2.54. The van der Waals surface area contributed by atoms with Crippen molar-refractivity contribution in [2.24, 2.45) is 0 Å². The van der Waals surface area contributed by atoms with Gasteiger partial charge in [0.2, 0.25) is 0 Å². The van der Waals surface area contributed by atoms with E-state index in [4.69, 9.17) is 0 Å². The first-order valence-corrected chi connectivity index (χ1v) is 15.9. The molecule has 3 fully saturated rings. The quantitative estimate of drug-likeness (QED) is 0.232. The van der Waals surface area contributed by atoms with Crippen LogP contribution >= 0.6 is 0 Å². The van der Waals surface area contributed by atoms with Crippen LogP contribution in [0.2, 0.25) is 0 Å². The van der Waals surface area contributed by atoms with Crippen LogP contribution in [0.5, 0.6) is 0 Å². The third kappa shape index (κ3) is 4.53. The van der Waals surface area contributed by atoms with Gasteiger partial charge in [0.15, 0.2) is 0 Å². The second-order valence-corrected chi connectivity index (χ2v) is 12.8. The van der Waals surface area contributed by atoms with E-state index in [1.807, 2.05) is 12.4 Å². The zero-order chi connectivity index (χ0) is 27.2. The van der Waals surface area contributed by atoms with E-state index in [1.165, 1.54) is 92.0 Å². The van der Waals surface area contributed by atoms with Crippen LogP contribution in [0.3, 0.4) is 0 Å². The topological polar surface area (TPSA) is 69.4 Å². The Labute approximate surface area is 243 Å². The highest BCUT2D eigenvalue weighted by Gasteiger charge is 2.43. The molecule has 0 unspecified atom stereocenters.